The van der Waals surface area contributed by atoms with Gasteiger partial charge in [0, 0.05) is 16.6 Å². The van der Waals surface area contributed by atoms with Crippen LogP contribution in [0, 0.1) is 0 Å². The third-order valence-corrected chi connectivity index (χ3v) is 4.92. The highest BCUT2D eigenvalue weighted by Gasteiger charge is 2.36. The summed E-state index contributed by atoms with van der Waals surface area (Å²) in [4.78, 5) is 24.9. The molecule has 1 aromatic carbocycles. The van der Waals surface area contributed by atoms with Crippen LogP contribution in [0.4, 0.5) is 5.69 Å². The number of carbonyl (C=O) groups is 2. The number of ether oxygens (including phenoxy) is 1. The Kier molecular flexibility index (Phi) is 5.58. The molecule has 0 bridgehead atoms. The smallest absolute Gasteiger partial charge is 0.313 e. The van der Waals surface area contributed by atoms with Gasteiger partial charge < -0.3 is 24.9 Å². The van der Waals surface area contributed by atoms with Crippen LogP contribution in [0.25, 0.3) is 0 Å². The van der Waals surface area contributed by atoms with Gasteiger partial charge in [-0.15, -0.1) is 11.3 Å². The van der Waals surface area contributed by atoms with Crippen LogP contribution in [0.1, 0.15) is 10.6 Å². The number of nitrogens with one attached hydrogen (secondary N) is 2. The third kappa shape index (κ3) is 4.18. The number of thiophene rings is 1. The van der Waals surface area contributed by atoms with Crippen molar-refractivity contribution >= 4 is 28.8 Å². The van der Waals surface area contributed by atoms with Crippen LogP contribution in [0.15, 0.2) is 64.6 Å². The fourth-order valence-electron chi connectivity index (χ4n) is 2.50. The second kappa shape index (κ2) is 8.07. The predicted molar refractivity (Wildman–Crippen MR) is 101 cm³/mol. The molecule has 3 aromatic rings. The first-order valence-electron chi connectivity index (χ1n) is 8.06. The van der Waals surface area contributed by atoms with E-state index in [4.69, 9.17) is 9.15 Å². The van der Waals surface area contributed by atoms with Crippen LogP contribution in [0.5, 0.6) is 5.75 Å². The number of aliphatic hydroxyl groups is 1. The van der Waals surface area contributed by atoms with Crippen molar-refractivity contribution in [1.82, 2.24) is 5.32 Å². The zero-order chi connectivity index (χ0) is 19.3. The summed E-state index contributed by atoms with van der Waals surface area (Å²) >= 11 is 1.32. The molecule has 0 aliphatic rings. The van der Waals surface area contributed by atoms with Crippen LogP contribution in [0.2, 0.25) is 0 Å². The average Bonchev–Trinajstić information content (AvgIpc) is 3.40. The highest BCUT2D eigenvalue weighted by Crippen LogP contribution is 2.32. The lowest BCUT2D eigenvalue weighted by Gasteiger charge is -2.25. The maximum Gasteiger partial charge on any atom is 0.313 e. The third-order valence-electron chi connectivity index (χ3n) is 3.90. The molecule has 2 amide bonds. The van der Waals surface area contributed by atoms with Crippen molar-refractivity contribution in [2.45, 2.75) is 5.60 Å². The van der Waals surface area contributed by atoms with Crippen LogP contribution in [0.3, 0.4) is 0 Å². The molecule has 0 radical (unpaired) electrons. The summed E-state index contributed by atoms with van der Waals surface area (Å²) in [5, 5.41) is 17.8. The molecule has 7 nitrogen and oxygen atoms in total. The standard InChI is InChI=1S/C19H18N2O5S/c1-25-14-6-2-5-13(11-14)21-18(23)17(22)20-12-19(24,15-7-3-9-26-15)16-8-4-10-27-16/h2-11,24H,12H2,1H3,(H,20,22)(H,21,23). The summed E-state index contributed by atoms with van der Waals surface area (Å²) < 4.78 is 10.4. The minimum absolute atomic E-state index is 0.217. The Hall–Kier alpha value is -3.10. The Labute approximate surface area is 159 Å². The molecule has 0 aliphatic heterocycles. The van der Waals surface area contributed by atoms with Gasteiger partial charge in [-0.2, -0.15) is 0 Å². The maximum absolute atomic E-state index is 12.2. The van der Waals surface area contributed by atoms with E-state index in [9.17, 15) is 14.7 Å². The molecule has 8 heteroatoms. The molecule has 140 valence electrons. The molecule has 1 atom stereocenters. The number of hydrogen-bond donors (Lipinski definition) is 3. The minimum Gasteiger partial charge on any atom is -0.497 e. The number of carbonyl (C=O) groups excluding carboxylic acids is 2. The summed E-state index contributed by atoms with van der Waals surface area (Å²) in [7, 11) is 1.51. The van der Waals surface area contributed by atoms with Gasteiger partial charge >= 0.3 is 11.8 Å². The van der Waals surface area contributed by atoms with Gasteiger partial charge in [0.05, 0.1) is 19.9 Å². The number of rotatable bonds is 6. The van der Waals surface area contributed by atoms with E-state index in [0.717, 1.165) is 0 Å². The molecule has 0 aliphatic carbocycles. The molecule has 0 saturated carbocycles. The molecule has 2 heterocycles. The molecule has 3 N–H and O–H groups in total. The molecule has 3 rings (SSSR count). The van der Waals surface area contributed by atoms with Gasteiger partial charge in [-0.1, -0.05) is 12.1 Å². The maximum atomic E-state index is 12.2. The van der Waals surface area contributed by atoms with Gasteiger partial charge in [0.15, 0.2) is 5.60 Å². The van der Waals surface area contributed by atoms with E-state index in [0.29, 0.717) is 16.3 Å². The zero-order valence-electron chi connectivity index (χ0n) is 14.5. The molecule has 1 unspecified atom stereocenters. The van der Waals surface area contributed by atoms with Crippen molar-refractivity contribution in [3.8, 4) is 5.75 Å². The Morgan fingerprint density at radius 3 is 2.70 bits per heavy atom. The lowest BCUT2D eigenvalue weighted by Crippen LogP contribution is -2.44. The van der Waals surface area contributed by atoms with Gasteiger partial charge in [0.25, 0.3) is 0 Å². The fourth-order valence-corrected chi connectivity index (χ4v) is 3.33. The number of hydrogen-bond acceptors (Lipinski definition) is 6. The van der Waals surface area contributed by atoms with E-state index in [-0.39, 0.29) is 12.3 Å². The van der Waals surface area contributed by atoms with E-state index in [2.05, 4.69) is 10.6 Å². The number of anilines is 1. The van der Waals surface area contributed by atoms with Crippen LogP contribution in [-0.2, 0) is 15.2 Å². The van der Waals surface area contributed by atoms with Gasteiger partial charge in [-0.05, 0) is 35.7 Å². The summed E-state index contributed by atoms with van der Waals surface area (Å²) in [6.45, 7) is -0.217. The van der Waals surface area contributed by atoms with Crippen molar-refractivity contribution in [1.29, 1.82) is 0 Å². The second-order valence-electron chi connectivity index (χ2n) is 5.68. The van der Waals surface area contributed by atoms with Crippen molar-refractivity contribution in [2.75, 3.05) is 19.0 Å². The van der Waals surface area contributed by atoms with Crippen LogP contribution >= 0.6 is 11.3 Å². The quantitative estimate of drug-likeness (QED) is 0.565. The molecule has 0 saturated heterocycles. The normalized spacial score (nSPS) is 12.8. The summed E-state index contributed by atoms with van der Waals surface area (Å²) in [5.74, 6) is -0.896. The van der Waals surface area contributed by atoms with Gasteiger partial charge in [-0.3, -0.25) is 9.59 Å². The van der Waals surface area contributed by atoms with E-state index >= 15 is 0 Å². The second-order valence-corrected chi connectivity index (χ2v) is 6.63. The fraction of sp³-hybridized carbons (Fsp3) is 0.158. The van der Waals surface area contributed by atoms with Crippen molar-refractivity contribution < 1.29 is 23.8 Å². The van der Waals surface area contributed by atoms with E-state index in [1.54, 1.807) is 53.9 Å². The Morgan fingerprint density at radius 1 is 1.19 bits per heavy atom. The monoisotopic (exact) mass is 386 g/mol. The first-order valence-corrected chi connectivity index (χ1v) is 8.94. The summed E-state index contributed by atoms with van der Waals surface area (Å²) in [6, 6.07) is 13.4. The lowest BCUT2D eigenvalue weighted by atomic mass is 9.98. The number of furan rings is 1. The summed E-state index contributed by atoms with van der Waals surface area (Å²) in [6.07, 6.45) is 1.44. The van der Waals surface area contributed by atoms with E-state index in [1.165, 1.54) is 24.7 Å². The van der Waals surface area contributed by atoms with Crippen molar-refractivity contribution in [2.24, 2.45) is 0 Å². The first kappa shape index (κ1) is 18.7. The van der Waals surface area contributed by atoms with E-state index in [1.807, 2.05) is 0 Å². The molecule has 0 fully saturated rings. The molecule has 27 heavy (non-hydrogen) atoms. The molecular formula is C19H18N2O5S. The molecule has 0 spiro atoms. The highest BCUT2D eigenvalue weighted by atomic mass is 32.1. The topological polar surface area (TPSA) is 101 Å². The van der Waals surface area contributed by atoms with Crippen molar-refractivity contribution in [3.05, 3.63) is 70.8 Å². The Bertz CT molecular complexity index is 872. The van der Waals surface area contributed by atoms with Gasteiger partial charge in [0.2, 0.25) is 0 Å². The van der Waals surface area contributed by atoms with Gasteiger partial charge in [0.1, 0.15) is 11.5 Å². The number of amides is 2. The predicted octanol–water partition coefficient (Wildman–Crippen LogP) is 2.34. The molecule has 2 aromatic heterocycles. The zero-order valence-corrected chi connectivity index (χ0v) is 15.3. The van der Waals surface area contributed by atoms with E-state index < -0.39 is 17.4 Å². The first-order chi connectivity index (χ1) is 13.0. The summed E-state index contributed by atoms with van der Waals surface area (Å²) in [5.41, 5.74) is -1.14. The Balaban J connectivity index is 1.68. The van der Waals surface area contributed by atoms with Crippen molar-refractivity contribution in [3.63, 3.8) is 0 Å². The number of benzene rings is 1. The largest absolute Gasteiger partial charge is 0.497 e. The Morgan fingerprint density at radius 2 is 2.04 bits per heavy atom. The van der Waals surface area contributed by atoms with Gasteiger partial charge in [-0.25, -0.2) is 0 Å². The SMILES string of the molecule is COc1cccc(NC(=O)C(=O)NCC(O)(c2ccco2)c2cccs2)c1. The van der Waals surface area contributed by atoms with Crippen LogP contribution < -0.4 is 15.4 Å². The number of methoxy groups -OCH3 is 1. The molecular weight excluding hydrogens is 368 g/mol. The lowest BCUT2D eigenvalue weighted by molar-refractivity contribution is -0.136. The van der Waals surface area contributed by atoms with Crippen LogP contribution in [-0.4, -0.2) is 30.6 Å². The average molecular weight is 386 g/mol. The highest BCUT2D eigenvalue weighted by molar-refractivity contribution is 7.10. The minimum atomic E-state index is -1.57.